The van der Waals surface area contributed by atoms with Gasteiger partial charge in [0, 0.05) is 6.54 Å². The van der Waals surface area contributed by atoms with E-state index in [1.807, 2.05) is 24.3 Å². The Balaban J connectivity index is 2.02. The molecule has 2 rings (SSSR count). The van der Waals surface area contributed by atoms with E-state index in [0.29, 0.717) is 12.3 Å². The molecule has 6 heteroatoms. The third-order valence-electron chi connectivity index (χ3n) is 4.01. The van der Waals surface area contributed by atoms with Crippen LogP contribution in [-0.2, 0) is 19.7 Å². The van der Waals surface area contributed by atoms with Crippen molar-refractivity contribution in [2.75, 3.05) is 19.7 Å². The molecule has 2 atom stereocenters. The normalized spacial score (nSPS) is 19.7. The Hall–Kier alpha value is -2.08. The second kappa shape index (κ2) is 7.21. The predicted molar refractivity (Wildman–Crippen MR) is 89.2 cm³/mol. The lowest BCUT2D eigenvalue weighted by Gasteiger charge is -2.32. The van der Waals surface area contributed by atoms with E-state index >= 15 is 0 Å². The van der Waals surface area contributed by atoms with E-state index in [2.05, 4.69) is 20.8 Å². The molecule has 1 aliphatic heterocycles. The molecule has 1 fully saturated rings. The number of carboxylic acid groups (broad SMARTS) is 1. The van der Waals surface area contributed by atoms with E-state index in [0.717, 1.165) is 5.56 Å². The minimum Gasteiger partial charge on any atom is -0.481 e. The summed E-state index contributed by atoms with van der Waals surface area (Å²) in [4.78, 5) is 25.0. The molecule has 1 heterocycles. The van der Waals surface area contributed by atoms with Crippen molar-refractivity contribution in [2.24, 2.45) is 0 Å². The van der Waals surface area contributed by atoms with Crippen molar-refractivity contribution in [1.29, 1.82) is 0 Å². The maximum Gasteiger partial charge on any atom is 0.334 e. The second-order valence-corrected chi connectivity index (χ2v) is 7.02. The molecule has 1 aliphatic rings. The van der Waals surface area contributed by atoms with Crippen LogP contribution in [0.1, 0.15) is 33.3 Å². The highest BCUT2D eigenvalue weighted by molar-refractivity contribution is 5.82. The summed E-state index contributed by atoms with van der Waals surface area (Å²) in [6, 6.07) is 7.68. The molecule has 24 heavy (non-hydrogen) atoms. The van der Waals surface area contributed by atoms with Gasteiger partial charge in [0.15, 0.2) is 12.2 Å². The average Bonchev–Trinajstić information content (AvgIpc) is 2.53. The van der Waals surface area contributed by atoms with Gasteiger partial charge < -0.3 is 19.5 Å². The van der Waals surface area contributed by atoms with Crippen molar-refractivity contribution >= 4 is 11.9 Å². The molecule has 2 unspecified atom stereocenters. The second-order valence-electron chi connectivity index (χ2n) is 7.02. The predicted octanol–water partition coefficient (Wildman–Crippen LogP) is 2.06. The molecule has 0 bridgehead atoms. The number of carbonyl (C=O) groups excluding carboxylic acids is 1. The summed E-state index contributed by atoms with van der Waals surface area (Å²) >= 11 is 0. The van der Waals surface area contributed by atoms with Gasteiger partial charge in [-0.05, 0) is 30.0 Å². The molecule has 1 aromatic carbocycles. The molecular weight excluding hydrogens is 310 g/mol. The first-order chi connectivity index (χ1) is 11.2. The largest absolute Gasteiger partial charge is 0.481 e. The zero-order chi connectivity index (χ0) is 17.9. The van der Waals surface area contributed by atoms with E-state index in [1.54, 1.807) is 6.92 Å². The average molecular weight is 335 g/mol. The van der Waals surface area contributed by atoms with Crippen LogP contribution in [0.4, 0.5) is 0 Å². The highest BCUT2D eigenvalue weighted by Gasteiger charge is 2.31. The van der Waals surface area contributed by atoms with Crippen LogP contribution in [0.2, 0.25) is 0 Å². The van der Waals surface area contributed by atoms with Crippen LogP contribution < -0.4 is 4.74 Å². The van der Waals surface area contributed by atoms with Crippen LogP contribution in [0.15, 0.2) is 24.3 Å². The van der Waals surface area contributed by atoms with Crippen LogP contribution in [-0.4, -0.2) is 53.8 Å². The summed E-state index contributed by atoms with van der Waals surface area (Å²) in [7, 11) is 0. The molecule has 1 aromatic rings. The monoisotopic (exact) mass is 335 g/mol. The Bertz CT molecular complexity index is 608. The lowest BCUT2D eigenvalue weighted by atomic mass is 9.87. The van der Waals surface area contributed by atoms with Gasteiger partial charge in [-0.3, -0.25) is 4.79 Å². The maximum atomic E-state index is 12.5. The van der Waals surface area contributed by atoms with Gasteiger partial charge in [-0.2, -0.15) is 0 Å². The molecule has 0 spiro atoms. The Morgan fingerprint density at radius 2 is 2.08 bits per heavy atom. The topological polar surface area (TPSA) is 76.1 Å². The quantitative estimate of drug-likeness (QED) is 0.911. The summed E-state index contributed by atoms with van der Waals surface area (Å²) in [5, 5.41) is 9.02. The smallest absolute Gasteiger partial charge is 0.334 e. The Morgan fingerprint density at radius 3 is 2.71 bits per heavy atom. The van der Waals surface area contributed by atoms with Crippen LogP contribution in [0.3, 0.4) is 0 Å². The minimum atomic E-state index is -1.06. The van der Waals surface area contributed by atoms with E-state index in [1.165, 1.54) is 4.90 Å². The van der Waals surface area contributed by atoms with Crippen LogP contribution in [0, 0.1) is 0 Å². The Kier molecular flexibility index (Phi) is 5.49. The van der Waals surface area contributed by atoms with E-state index in [-0.39, 0.29) is 24.5 Å². The van der Waals surface area contributed by atoms with E-state index in [9.17, 15) is 9.59 Å². The van der Waals surface area contributed by atoms with Crippen molar-refractivity contribution < 1.29 is 24.2 Å². The minimum absolute atomic E-state index is 0.00840. The molecule has 0 radical (unpaired) electrons. The first kappa shape index (κ1) is 18.3. The number of hydrogen-bond donors (Lipinski definition) is 1. The van der Waals surface area contributed by atoms with Gasteiger partial charge in [0.25, 0.3) is 5.91 Å². The maximum absolute atomic E-state index is 12.5. The van der Waals surface area contributed by atoms with Crippen LogP contribution >= 0.6 is 0 Å². The Morgan fingerprint density at radius 1 is 1.38 bits per heavy atom. The third kappa shape index (κ3) is 4.47. The van der Waals surface area contributed by atoms with Gasteiger partial charge in [0.05, 0.1) is 13.2 Å². The molecule has 1 amide bonds. The molecule has 6 nitrogen and oxygen atoms in total. The van der Waals surface area contributed by atoms with Gasteiger partial charge in [0.2, 0.25) is 0 Å². The number of carboxylic acids is 1. The number of rotatable bonds is 4. The summed E-state index contributed by atoms with van der Waals surface area (Å²) in [6.45, 7) is 8.65. The van der Waals surface area contributed by atoms with Gasteiger partial charge in [-0.1, -0.05) is 32.9 Å². The SMILES string of the molecule is CC(Oc1cccc(C(C)(C)C)c1)C(=O)N1CCOC(C(=O)O)C1. The number of benzene rings is 1. The summed E-state index contributed by atoms with van der Waals surface area (Å²) in [6.07, 6.45) is -1.66. The van der Waals surface area contributed by atoms with Gasteiger partial charge in [-0.15, -0.1) is 0 Å². The molecule has 132 valence electrons. The first-order valence-electron chi connectivity index (χ1n) is 8.09. The number of morpholine rings is 1. The molecule has 0 aliphatic carbocycles. The standard InChI is InChI=1S/C18H25NO5/c1-12(16(20)19-8-9-23-15(11-19)17(21)22)24-14-7-5-6-13(10-14)18(2,3)4/h5-7,10,12,15H,8-9,11H2,1-4H3,(H,21,22). The van der Waals surface area contributed by atoms with Crippen LogP contribution in [0.25, 0.3) is 0 Å². The molecule has 0 aromatic heterocycles. The first-order valence-corrected chi connectivity index (χ1v) is 8.09. The molecule has 0 saturated carbocycles. The summed E-state index contributed by atoms with van der Waals surface area (Å²) in [5.74, 6) is -0.656. The third-order valence-corrected chi connectivity index (χ3v) is 4.01. The highest BCUT2D eigenvalue weighted by atomic mass is 16.5. The number of hydrogen-bond acceptors (Lipinski definition) is 4. The summed E-state index contributed by atoms with van der Waals surface area (Å²) < 4.78 is 10.9. The fourth-order valence-corrected chi connectivity index (χ4v) is 2.55. The van der Waals surface area contributed by atoms with Crippen LogP contribution in [0.5, 0.6) is 5.75 Å². The van der Waals surface area contributed by atoms with E-state index in [4.69, 9.17) is 14.6 Å². The lowest BCUT2D eigenvalue weighted by Crippen LogP contribution is -2.51. The van der Waals surface area contributed by atoms with Crippen molar-refractivity contribution in [3.8, 4) is 5.75 Å². The Labute approximate surface area is 142 Å². The number of ether oxygens (including phenoxy) is 2. The number of amides is 1. The van der Waals surface area contributed by atoms with Crippen molar-refractivity contribution in [1.82, 2.24) is 4.90 Å². The summed E-state index contributed by atoms with van der Waals surface area (Å²) in [5.41, 5.74) is 1.11. The number of nitrogens with zero attached hydrogens (tertiary/aromatic N) is 1. The lowest BCUT2D eigenvalue weighted by molar-refractivity contribution is -0.161. The van der Waals surface area contributed by atoms with E-state index < -0.39 is 18.2 Å². The molecular formula is C18H25NO5. The number of aliphatic carboxylic acids is 1. The zero-order valence-electron chi connectivity index (χ0n) is 14.6. The zero-order valence-corrected chi connectivity index (χ0v) is 14.6. The fraction of sp³-hybridized carbons (Fsp3) is 0.556. The van der Waals surface area contributed by atoms with Crippen molar-refractivity contribution in [3.05, 3.63) is 29.8 Å². The number of carbonyl (C=O) groups is 2. The van der Waals surface area contributed by atoms with Crippen molar-refractivity contribution in [3.63, 3.8) is 0 Å². The molecule has 1 N–H and O–H groups in total. The highest BCUT2D eigenvalue weighted by Crippen LogP contribution is 2.26. The fourth-order valence-electron chi connectivity index (χ4n) is 2.55. The van der Waals surface area contributed by atoms with Gasteiger partial charge >= 0.3 is 5.97 Å². The van der Waals surface area contributed by atoms with Gasteiger partial charge in [0.1, 0.15) is 5.75 Å². The van der Waals surface area contributed by atoms with Crippen molar-refractivity contribution in [2.45, 2.75) is 45.3 Å². The van der Waals surface area contributed by atoms with Gasteiger partial charge in [-0.25, -0.2) is 4.79 Å². The molecule has 1 saturated heterocycles.